The lowest BCUT2D eigenvalue weighted by Crippen LogP contribution is -1.98. The number of hydrogen-bond donors (Lipinski definition) is 1. The fourth-order valence-electron chi connectivity index (χ4n) is 1.23. The molecule has 0 fully saturated rings. The van der Waals surface area contributed by atoms with Crippen LogP contribution in [0.15, 0.2) is 24.4 Å². The third kappa shape index (κ3) is 2.08. The third-order valence-corrected chi connectivity index (χ3v) is 2.69. The van der Waals surface area contributed by atoms with Gasteiger partial charge in [-0.2, -0.15) is 0 Å². The molecule has 0 spiro atoms. The molecule has 0 saturated carbocycles. The van der Waals surface area contributed by atoms with Gasteiger partial charge in [0.1, 0.15) is 5.69 Å². The second-order valence-electron chi connectivity index (χ2n) is 3.05. The van der Waals surface area contributed by atoms with E-state index in [4.69, 9.17) is 28.9 Å². The third-order valence-electron chi connectivity index (χ3n) is 1.96. The van der Waals surface area contributed by atoms with Gasteiger partial charge in [-0.25, -0.2) is 14.4 Å². The molecule has 0 radical (unpaired) electrons. The predicted octanol–water partition coefficient (Wildman–Crippen LogP) is 3.17. The van der Waals surface area contributed by atoms with Gasteiger partial charge in [-0.05, 0) is 12.1 Å². The number of anilines is 1. The van der Waals surface area contributed by atoms with Gasteiger partial charge < -0.3 is 5.73 Å². The number of benzene rings is 1. The summed E-state index contributed by atoms with van der Waals surface area (Å²) in [7, 11) is 0. The molecule has 2 aromatic rings. The zero-order valence-electron chi connectivity index (χ0n) is 7.92. The normalized spacial score (nSPS) is 10.4. The van der Waals surface area contributed by atoms with E-state index >= 15 is 0 Å². The van der Waals surface area contributed by atoms with Gasteiger partial charge in [0.25, 0.3) is 0 Å². The Morgan fingerprint density at radius 1 is 1.19 bits per heavy atom. The molecule has 2 N–H and O–H groups in total. The van der Waals surface area contributed by atoms with Crippen molar-refractivity contribution in [1.29, 1.82) is 0 Å². The second kappa shape index (κ2) is 4.23. The van der Waals surface area contributed by atoms with Gasteiger partial charge >= 0.3 is 0 Å². The van der Waals surface area contributed by atoms with Crippen molar-refractivity contribution in [2.45, 2.75) is 0 Å². The van der Waals surface area contributed by atoms with Gasteiger partial charge in [0, 0.05) is 5.56 Å². The lowest BCUT2D eigenvalue weighted by molar-refractivity contribution is 0.619. The molecule has 1 aromatic heterocycles. The topological polar surface area (TPSA) is 51.8 Å². The van der Waals surface area contributed by atoms with E-state index in [2.05, 4.69) is 9.97 Å². The van der Waals surface area contributed by atoms with Crippen LogP contribution in [-0.2, 0) is 0 Å². The number of hydrogen-bond acceptors (Lipinski definition) is 3. The number of nitrogen functional groups attached to an aromatic ring is 1. The van der Waals surface area contributed by atoms with Crippen molar-refractivity contribution < 1.29 is 4.39 Å². The molecule has 0 amide bonds. The minimum absolute atomic E-state index is 0.00229. The molecule has 1 heterocycles. The van der Waals surface area contributed by atoms with Gasteiger partial charge in [-0.15, -0.1) is 0 Å². The zero-order valence-corrected chi connectivity index (χ0v) is 9.43. The first-order valence-electron chi connectivity index (χ1n) is 4.31. The van der Waals surface area contributed by atoms with Gasteiger partial charge in [-0.1, -0.05) is 29.3 Å². The average Bonchev–Trinajstić information content (AvgIpc) is 2.26. The van der Waals surface area contributed by atoms with E-state index in [0.29, 0.717) is 15.6 Å². The molecule has 6 heteroatoms. The van der Waals surface area contributed by atoms with Crippen LogP contribution in [-0.4, -0.2) is 9.97 Å². The first-order chi connectivity index (χ1) is 7.58. The Morgan fingerprint density at radius 3 is 2.62 bits per heavy atom. The molecule has 0 saturated heterocycles. The van der Waals surface area contributed by atoms with E-state index in [9.17, 15) is 4.39 Å². The van der Waals surface area contributed by atoms with Crippen molar-refractivity contribution in [3.8, 4) is 11.3 Å². The average molecular weight is 258 g/mol. The van der Waals surface area contributed by atoms with Gasteiger partial charge in [-0.3, -0.25) is 0 Å². The molecule has 16 heavy (non-hydrogen) atoms. The van der Waals surface area contributed by atoms with Crippen LogP contribution in [0, 0.1) is 5.82 Å². The van der Waals surface area contributed by atoms with E-state index < -0.39 is 5.82 Å². The maximum Gasteiger partial charge on any atom is 0.220 e. The first kappa shape index (κ1) is 11.1. The van der Waals surface area contributed by atoms with Crippen LogP contribution < -0.4 is 5.73 Å². The van der Waals surface area contributed by atoms with Crippen molar-refractivity contribution in [2.75, 3.05) is 5.73 Å². The van der Waals surface area contributed by atoms with Crippen molar-refractivity contribution in [1.82, 2.24) is 9.97 Å². The number of nitrogens with zero attached hydrogens (tertiary/aromatic N) is 2. The summed E-state index contributed by atoms with van der Waals surface area (Å²) in [5.41, 5.74) is 5.99. The highest BCUT2D eigenvalue weighted by atomic mass is 35.5. The Hall–Kier alpha value is -1.39. The maximum atomic E-state index is 13.4. The first-order valence-corrected chi connectivity index (χ1v) is 5.07. The van der Waals surface area contributed by atoms with Gasteiger partial charge in [0.2, 0.25) is 5.95 Å². The SMILES string of the molecule is Nc1ncc(F)c(-c2ccc(Cl)c(Cl)c2)n1. The van der Waals surface area contributed by atoms with Crippen molar-refractivity contribution in [2.24, 2.45) is 0 Å². The molecule has 3 nitrogen and oxygen atoms in total. The standard InChI is InChI=1S/C10H6Cl2FN3/c11-6-2-1-5(3-7(6)12)9-8(13)4-15-10(14)16-9/h1-4H,(H2,14,15,16). The van der Waals surface area contributed by atoms with Crippen molar-refractivity contribution >= 4 is 29.2 Å². The summed E-state index contributed by atoms with van der Waals surface area (Å²) in [6.07, 6.45) is 1.01. The molecule has 0 unspecified atom stereocenters. The van der Waals surface area contributed by atoms with Crippen LogP contribution in [0.5, 0.6) is 0 Å². The monoisotopic (exact) mass is 257 g/mol. The summed E-state index contributed by atoms with van der Waals surface area (Å²) < 4.78 is 13.4. The smallest absolute Gasteiger partial charge is 0.220 e. The highest BCUT2D eigenvalue weighted by Crippen LogP contribution is 2.28. The van der Waals surface area contributed by atoms with Gasteiger partial charge in [0.15, 0.2) is 5.82 Å². The molecule has 0 aliphatic carbocycles. The fourth-order valence-corrected chi connectivity index (χ4v) is 1.52. The van der Waals surface area contributed by atoms with E-state index in [0.717, 1.165) is 6.20 Å². The predicted molar refractivity (Wildman–Crippen MR) is 61.9 cm³/mol. The number of halogens is 3. The van der Waals surface area contributed by atoms with E-state index in [-0.39, 0.29) is 11.6 Å². The molecule has 1 aromatic carbocycles. The summed E-state index contributed by atoms with van der Waals surface area (Å²) in [6.45, 7) is 0. The largest absolute Gasteiger partial charge is 0.368 e. The Labute approximate surface area is 101 Å². The van der Waals surface area contributed by atoms with Crippen LogP contribution in [0.2, 0.25) is 10.0 Å². The maximum absolute atomic E-state index is 13.4. The summed E-state index contributed by atoms with van der Waals surface area (Å²) in [5.74, 6) is -0.560. The Bertz CT molecular complexity index is 546. The lowest BCUT2D eigenvalue weighted by Gasteiger charge is -2.04. The fraction of sp³-hybridized carbons (Fsp3) is 0. The zero-order chi connectivity index (χ0) is 11.7. The quantitative estimate of drug-likeness (QED) is 0.854. The molecular formula is C10H6Cl2FN3. The number of rotatable bonds is 1. The van der Waals surface area contributed by atoms with Gasteiger partial charge in [0.05, 0.1) is 16.2 Å². The molecule has 0 bridgehead atoms. The Kier molecular flexibility index (Phi) is 2.94. The van der Waals surface area contributed by atoms with E-state index in [1.54, 1.807) is 12.1 Å². The Morgan fingerprint density at radius 2 is 1.94 bits per heavy atom. The second-order valence-corrected chi connectivity index (χ2v) is 3.87. The van der Waals surface area contributed by atoms with Crippen molar-refractivity contribution in [3.63, 3.8) is 0 Å². The lowest BCUT2D eigenvalue weighted by atomic mass is 10.1. The number of nitrogens with two attached hydrogens (primary N) is 1. The summed E-state index contributed by atoms with van der Waals surface area (Å²) in [4.78, 5) is 7.34. The van der Waals surface area contributed by atoms with Crippen LogP contribution in [0.25, 0.3) is 11.3 Å². The molecular weight excluding hydrogens is 252 g/mol. The van der Waals surface area contributed by atoms with Crippen molar-refractivity contribution in [3.05, 3.63) is 40.3 Å². The Balaban J connectivity index is 2.58. The van der Waals surface area contributed by atoms with Crippen LogP contribution in [0.4, 0.5) is 10.3 Å². The highest BCUT2D eigenvalue weighted by Gasteiger charge is 2.09. The molecule has 0 atom stereocenters. The highest BCUT2D eigenvalue weighted by molar-refractivity contribution is 6.42. The minimum atomic E-state index is -0.562. The van der Waals surface area contributed by atoms with E-state index in [1.807, 2.05) is 0 Å². The number of aromatic nitrogens is 2. The van der Waals surface area contributed by atoms with Crippen LogP contribution in [0.3, 0.4) is 0 Å². The van der Waals surface area contributed by atoms with Crippen LogP contribution in [0.1, 0.15) is 0 Å². The molecule has 0 aliphatic heterocycles. The molecule has 82 valence electrons. The van der Waals surface area contributed by atoms with Crippen LogP contribution >= 0.6 is 23.2 Å². The minimum Gasteiger partial charge on any atom is -0.368 e. The van der Waals surface area contributed by atoms with E-state index in [1.165, 1.54) is 6.07 Å². The summed E-state index contributed by atoms with van der Waals surface area (Å²) >= 11 is 11.6. The molecule has 2 rings (SSSR count). The summed E-state index contributed by atoms with van der Waals surface area (Å²) in [6, 6.07) is 4.70. The molecule has 0 aliphatic rings. The summed E-state index contributed by atoms with van der Waals surface area (Å²) in [5, 5.41) is 0.726.